The first-order chi connectivity index (χ1) is 16.8. The first-order valence-electron chi connectivity index (χ1n) is 11.7. The minimum atomic E-state index is -0.572. The molecule has 2 heterocycles. The van der Waals surface area contributed by atoms with Crippen molar-refractivity contribution in [1.82, 2.24) is 24.1 Å². The van der Waals surface area contributed by atoms with Crippen molar-refractivity contribution in [3.63, 3.8) is 0 Å². The lowest BCUT2D eigenvalue weighted by molar-refractivity contribution is -0.117. The molecule has 4 aromatic rings. The van der Waals surface area contributed by atoms with E-state index in [0.717, 1.165) is 11.1 Å². The smallest absolute Gasteiger partial charge is 0.350 e. The first kappa shape index (κ1) is 23.9. The summed E-state index contributed by atoms with van der Waals surface area (Å²) in [4.78, 5) is 51.9. The number of aromatic nitrogens is 4. The summed E-state index contributed by atoms with van der Waals surface area (Å²) in [6, 6.07) is 13.5. The van der Waals surface area contributed by atoms with Crippen LogP contribution in [0.25, 0.3) is 16.7 Å². The SMILES string of the molecule is CCCn1c(=O)c2ccc(C(=O)NC(C)CC)cc2n2c(=O)n(CC(=O)Nc3ccccc3)nc12. The number of hydrogen-bond acceptors (Lipinski definition) is 5. The molecule has 0 fully saturated rings. The summed E-state index contributed by atoms with van der Waals surface area (Å²) in [6.07, 6.45) is 1.41. The molecule has 0 aliphatic carbocycles. The number of benzene rings is 2. The Hall–Kier alpha value is -4.21. The Bertz CT molecular complexity index is 1520. The third kappa shape index (κ3) is 4.72. The number of rotatable bonds is 8. The molecule has 2 N–H and O–H groups in total. The fourth-order valence-corrected chi connectivity index (χ4v) is 3.85. The van der Waals surface area contributed by atoms with Crippen molar-refractivity contribution in [3.8, 4) is 0 Å². The van der Waals surface area contributed by atoms with Crippen LogP contribution in [0.3, 0.4) is 0 Å². The highest BCUT2D eigenvalue weighted by Crippen LogP contribution is 2.15. The number of hydrogen-bond donors (Lipinski definition) is 2. The quantitative estimate of drug-likeness (QED) is 0.405. The molecule has 0 bridgehead atoms. The lowest BCUT2D eigenvalue weighted by Gasteiger charge is -2.13. The van der Waals surface area contributed by atoms with Gasteiger partial charge < -0.3 is 10.6 Å². The molecular weight excluding hydrogens is 448 g/mol. The first-order valence-corrected chi connectivity index (χ1v) is 11.7. The molecule has 0 saturated carbocycles. The van der Waals surface area contributed by atoms with Crippen molar-refractivity contribution < 1.29 is 9.59 Å². The number of anilines is 1. The minimum absolute atomic E-state index is 0.0237. The summed E-state index contributed by atoms with van der Waals surface area (Å²) < 4.78 is 3.75. The van der Waals surface area contributed by atoms with Crippen LogP contribution in [0.5, 0.6) is 0 Å². The molecule has 2 aromatic carbocycles. The van der Waals surface area contributed by atoms with E-state index in [4.69, 9.17) is 0 Å². The second kappa shape index (κ2) is 9.96. The number of aryl methyl sites for hydroxylation is 1. The standard InChI is InChI=1S/C25H28N6O4/c1-4-13-29-23(34)19-12-11-17(22(33)26-16(3)5-2)14-20(19)31-24(29)28-30(25(31)35)15-21(32)27-18-9-7-6-8-10-18/h6-12,14,16H,4-5,13,15H2,1-3H3,(H,26,33)(H,27,32). The average molecular weight is 477 g/mol. The molecule has 10 nitrogen and oxygen atoms in total. The van der Waals surface area contributed by atoms with Crippen LogP contribution in [0.1, 0.15) is 44.0 Å². The zero-order chi connectivity index (χ0) is 25.1. The summed E-state index contributed by atoms with van der Waals surface area (Å²) in [5, 5.41) is 10.2. The van der Waals surface area contributed by atoms with Crippen LogP contribution in [0.2, 0.25) is 0 Å². The lowest BCUT2D eigenvalue weighted by Crippen LogP contribution is -2.32. The van der Waals surface area contributed by atoms with Gasteiger partial charge in [-0.25, -0.2) is 13.9 Å². The van der Waals surface area contributed by atoms with Crippen molar-refractivity contribution in [2.24, 2.45) is 0 Å². The molecule has 4 rings (SSSR count). The van der Waals surface area contributed by atoms with E-state index in [0.29, 0.717) is 29.6 Å². The van der Waals surface area contributed by atoms with Gasteiger partial charge in [-0.05, 0) is 50.1 Å². The largest absolute Gasteiger partial charge is 0.352 e. The molecule has 0 saturated heterocycles. The molecule has 1 atom stereocenters. The zero-order valence-corrected chi connectivity index (χ0v) is 19.9. The average Bonchev–Trinajstić information content (AvgIpc) is 3.17. The van der Waals surface area contributed by atoms with Crippen LogP contribution in [0, 0.1) is 0 Å². The Morgan fingerprint density at radius 2 is 1.80 bits per heavy atom. The van der Waals surface area contributed by atoms with E-state index in [-0.39, 0.29) is 35.3 Å². The Labute approximate surface area is 201 Å². The maximum atomic E-state index is 13.4. The summed E-state index contributed by atoms with van der Waals surface area (Å²) >= 11 is 0. The molecule has 0 spiro atoms. The van der Waals surface area contributed by atoms with E-state index in [1.165, 1.54) is 15.0 Å². The van der Waals surface area contributed by atoms with Gasteiger partial charge in [-0.1, -0.05) is 32.0 Å². The number of amides is 2. The predicted molar refractivity (Wildman–Crippen MR) is 134 cm³/mol. The number of para-hydroxylation sites is 1. The Morgan fingerprint density at radius 3 is 2.49 bits per heavy atom. The molecule has 2 amide bonds. The van der Waals surface area contributed by atoms with Gasteiger partial charge in [0.2, 0.25) is 11.7 Å². The second-order valence-corrected chi connectivity index (χ2v) is 8.46. The molecule has 10 heteroatoms. The van der Waals surface area contributed by atoms with Gasteiger partial charge in [0.1, 0.15) is 6.54 Å². The fourth-order valence-electron chi connectivity index (χ4n) is 3.85. The van der Waals surface area contributed by atoms with E-state index in [2.05, 4.69) is 15.7 Å². The molecule has 1 unspecified atom stereocenters. The maximum Gasteiger partial charge on any atom is 0.352 e. The summed E-state index contributed by atoms with van der Waals surface area (Å²) in [6.45, 7) is 5.80. The topological polar surface area (TPSA) is 120 Å². The monoisotopic (exact) mass is 476 g/mol. The Morgan fingerprint density at radius 1 is 1.06 bits per heavy atom. The van der Waals surface area contributed by atoms with Gasteiger partial charge in [0.15, 0.2) is 0 Å². The van der Waals surface area contributed by atoms with Crippen LogP contribution in [-0.2, 0) is 17.9 Å². The highest BCUT2D eigenvalue weighted by Gasteiger charge is 2.20. The van der Waals surface area contributed by atoms with Crippen molar-refractivity contribution >= 4 is 34.2 Å². The van der Waals surface area contributed by atoms with Gasteiger partial charge in [0.25, 0.3) is 11.5 Å². The zero-order valence-electron chi connectivity index (χ0n) is 19.9. The molecule has 2 aromatic heterocycles. The highest BCUT2D eigenvalue weighted by molar-refractivity contribution is 5.98. The Balaban J connectivity index is 1.83. The third-order valence-electron chi connectivity index (χ3n) is 5.83. The molecule has 0 aliphatic heterocycles. The van der Waals surface area contributed by atoms with Crippen molar-refractivity contribution in [1.29, 1.82) is 0 Å². The van der Waals surface area contributed by atoms with E-state index in [9.17, 15) is 19.2 Å². The highest BCUT2D eigenvalue weighted by atomic mass is 16.2. The van der Waals surface area contributed by atoms with E-state index in [1.807, 2.05) is 26.8 Å². The molecule has 35 heavy (non-hydrogen) atoms. The molecule has 0 aliphatic rings. The number of nitrogens with one attached hydrogen (secondary N) is 2. The molecular formula is C25H28N6O4. The molecule has 0 radical (unpaired) electrons. The van der Waals surface area contributed by atoms with E-state index >= 15 is 0 Å². The number of nitrogens with zero attached hydrogens (tertiary/aromatic N) is 4. The fraction of sp³-hybridized carbons (Fsp3) is 0.320. The van der Waals surface area contributed by atoms with Crippen LogP contribution in [0.4, 0.5) is 5.69 Å². The summed E-state index contributed by atoms with van der Waals surface area (Å²) in [5.41, 5.74) is 0.313. The van der Waals surface area contributed by atoms with Gasteiger partial charge in [-0.2, -0.15) is 0 Å². The number of fused-ring (bicyclic) bond motifs is 3. The van der Waals surface area contributed by atoms with Gasteiger partial charge in [0.05, 0.1) is 10.9 Å². The van der Waals surface area contributed by atoms with Gasteiger partial charge in [-0.15, -0.1) is 5.10 Å². The van der Waals surface area contributed by atoms with Crippen molar-refractivity contribution in [2.75, 3.05) is 5.32 Å². The van der Waals surface area contributed by atoms with E-state index in [1.54, 1.807) is 36.4 Å². The maximum absolute atomic E-state index is 13.4. The number of carbonyl (C=O) groups is 2. The molecule has 182 valence electrons. The van der Waals surface area contributed by atoms with Gasteiger partial charge >= 0.3 is 5.69 Å². The number of carbonyl (C=O) groups excluding carboxylic acids is 2. The van der Waals surface area contributed by atoms with Crippen molar-refractivity contribution in [2.45, 2.75) is 52.7 Å². The van der Waals surface area contributed by atoms with Crippen LogP contribution in [0.15, 0.2) is 58.1 Å². The third-order valence-corrected chi connectivity index (χ3v) is 5.83. The van der Waals surface area contributed by atoms with Gasteiger partial charge in [-0.3, -0.25) is 19.0 Å². The minimum Gasteiger partial charge on any atom is -0.350 e. The van der Waals surface area contributed by atoms with Crippen LogP contribution < -0.4 is 21.9 Å². The Kier molecular flexibility index (Phi) is 6.81. The second-order valence-electron chi connectivity index (χ2n) is 8.46. The van der Waals surface area contributed by atoms with Crippen LogP contribution in [-0.4, -0.2) is 36.6 Å². The van der Waals surface area contributed by atoms with Crippen molar-refractivity contribution in [3.05, 3.63) is 74.9 Å². The van der Waals surface area contributed by atoms with Crippen LogP contribution >= 0.6 is 0 Å². The lowest BCUT2D eigenvalue weighted by atomic mass is 10.1. The summed E-state index contributed by atoms with van der Waals surface area (Å²) in [5.74, 6) is -0.597. The van der Waals surface area contributed by atoms with E-state index < -0.39 is 11.6 Å². The summed E-state index contributed by atoms with van der Waals surface area (Å²) in [7, 11) is 0. The normalized spacial score (nSPS) is 12.1. The van der Waals surface area contributed by atoms with Gasteiger partial charge in [0, 0.05) is 23.8 Å². The predicted octanol–water partition coefficient (Wildman–Crippen LogP) is 2.39.